The van der Waals surface area contributed by atoms with E-state index in [9.17, 15) is 4.79 Å². The van der Waals surface area contributed by atoms with Crippen LogP contribution in [-0.2, 0) is 6.61 Å². The number of fused-ring (bicyclic) bond motifs is 1. The Bertz CT molecular complexity index is 1210. The summed E-state index contributed by atoms with van der Waals surface area (Å²) in [5.41, 5.74) is 6.61. The number of aromatic nitrogens is 2. The van der Waals surface area contributed by atoms with Gasteiger partial charge in [-0.25, -0.2) is 5.43 Å². The number of benzene rings is 3. The van der Waals surface area contributed by atoms with E-state index >= 15 is 0 Å². The van der Waals surface area contributed by atoms with Crippen molar-refractivity contribution in [3.05, 3.63) is 94.3 Å². The van der Waals surface area contributed by atoms with Gasteiger partial charge in [0, 0.05) is 5.56 Å². The molecule has 1 amide bonds. The topological polar surface area (TPSA) is 82.3 Å². The zero-order chi connectivity index (χ0) is 20.1. The standard InChI is InChI=1S/C22H18N4O2S/c27-21(17-8-11-19-20(12-17)25-22(29)24-19)26-23-13-15-6-9-18(10-7-15)28-14-16-4-2-1-3-5-16/h1-13H,14H2,(H,26,27)(H2,24,25,29)/b23-13-. The van der Waals surface area contributed by atoms with Gasteiger partial charge in [-0.2, -0.15) is 5.10 Å². The quantitative estimate of drug-likeness (QED) is 0.251. The molecule has 1 heterocycles. The molecule has 0 aliphatic rings. The Morgan fingerprint density at radius 2 is 1.76 bits per heavy atom. The summed E-state index contributed by atoms with van der Waals surface area (Å²) in [6, 6.07) is 22.7. The summed E-state index contributed by atoms with van der Waals surface area (Å²) in [4.78, 5) is 18.3. The first kappa shape index (κ1) is 18.6. The highest BCUT2D eigenvalue weighted by Crippen LogP contribution is 2.14. The van der Waals surface area contributed by atoms with Crippen molar-refractivity contribution in [3.63, 3.8) is 0 Å². The SMILES string of the molecule is O=C(N/N=C\c1ccc(OCc2ccccc2)cc1)c1ccc2[nH]c(=S)[nH]c2c1. The number of hydrogen-bond donors (Lipinski definition) is 3. The minimum absolute atomic E-state index is 0.300. The molecule has 0 fully saturated rings. The number of carbonyl (C=O) groups excluding carboxylic acids is 1. The van der Waals surface area contributed by atoms with Crippen molar-refractivity contribution in [2.24, 2.45) is 5.10 Å². The van der Waals surface area contributed by atoms with Crippen LogP contribution >= 0.6 is 12.2 Å². The number of hydrogen-bond acceptors (Lipinski definition) is 4. The largest absolute Gasteiger partial charge is 0.489 e. The number of nitrogens with one attached hydrogen (secondary N) is 3. The van der Waals surface area contributed by atoms with Crippen LogP contribution in [0.5, 0.6) is 5.75 Å². The average Bonchev–Trinajstić information content (AvgIpc) is 3.13. The maximum absolute atomic E-state index is 12.3. The summed E-state index contributed by atoms with van der Waals surface area (Å²) in [7, 11) is 0. The molecule has 0 aliphatic heterocycles. The van der Waals surface area contributed by atoms with Crippen LogP contribution < -0.4 is 10.2 Å². The third-order valence-electron chi connectivity index (χ3n) is 4.29. The second-order valence-electron chi connectivity index (χ2n) is 6.38. The highest BCUT2D eigenvalue weighted by molar-refractivity contribution is 7.71. The summed E-state index contributed by atoms with van der Waals surface area (Å²) in [6.07, 6.45) is 1.58. The summed E-state index contributed by atoms with van der Waals surface area (Å²) >= 11 is 5.05. The molecule has 0 saturated carbocycles. The molecule has 0 aliphatic carbocycles. The fourth-order valence-corrected chi connectivity index (χ4v) is 3.01. The van der Waals surface area contributed by atoms with Gasteiger partial charge in [-0.05, 0) is 65.8 Å². The van der Waals surface area contributed by atoms with E-state index in [1.54, 1.807) is 24.4 Å². The Kier molecular flexibility index (Phi) is 5.49. The Morgan fingerprint density at radius 1 is 1.00 bits per heavy atom. The lowest BCUT2D eigenvalue weighted by Gasteiger charge is -2.06. The monoisotopic (exact) mass is 402 g/mol. The third-order valence-corrected chi connectivity index (χ3v) is 4.49. The fourth-order valence-electron chi connectivity index (χ4n) is 2.79. The van der Waals surface area contributed by atoms with E-state index in [2.05, 4.69) is 20.5 Å². The molecule has 0 atom stereocenters. The summed E-state index contributed by atoms with van der Waals surface area (Å²) in [5, 5.41) is 4.02. The van der Waals surface area contributed by atoms with Crippen LogP contribution in [0, 0.1) is 4.77 Å². The predicted octanol–water partition coefficient (Wildman–Crippen LogP) is 4.57. The van der Waals surface area contributed by atoms with Gasteiger partial charge in [0.05, 0.1) is 17.2 Å². The molecule has 3 aromatic carbocycles. The Labute approximate surface area is 172 Å². The van der Waals surface area contributed by atoms with Crippen LogP contribution in [0.4, 0.5) is 0 Å². The first-order valence-electron chi connectivity index (χ1n) is 9.00. The summed E-state index contributed by atoms with van der Waals surface area (Å²) < 4.78 is 6.28. The van der Waals surface area contributed by atoms with Crippen LogP contribution in [0.15, 0.2) is 77.9 Å². The summed E-state index contributed by atoms with van der Waals surface area (Å²) in [5.74, 6) is 0.471. The van der Waals surface area contributed by atoms with Crippen molar-refractivity contribution in [1.29, 1.82) is 0 Å². The lowest BCUT2D eigenvalue weighted by molar-refractivity contribution is 0.0955. The van der Waals surface area contributed by atoms with Gasteiger partial charge in [-0.15, -0.1) is 0 Å². The van der Waals surface area contributed by atoms with Crippen molar-refractivity contribution >= 4 is 35.4 Å². The van der Waals surface area contributed by atoms with Gasteiger partial charge in [-0.1, -0.05) is 30.3 Å². The van der Waals surface area contributed by atoms with E-state index < -0.39 is 0 Å². The first-order chi connectivity index (χ1) is 14.2. The van der Waals surface area contributed by atoms with E-state index in [1.165, 1.54) is 0 Å². The van der Waals surface area contributed by atoms with Gasteiger partial charge in [0.25, 0.3) is 5.91 Å². The molecule has 7 heteroatoms. The fraction of sp³-hybridized carbons (Fsp3) is 0.0455. The van der Waals surface area contributed by atoms with Crippen molar-refractivity contribution in [2.75, 3.05) is 0 Å². The number of H-pyrrole nitrogens is 2. The number of amides is 1. The molecule has 0 spiro atoms. The van der Waals surface area contributed by atoms with Crippen molar-refractivity contribution < 1.29 is 9.53 Å². The molecule has 6 nitrogen and oxygen atoms in total. The Hall–Kier alpha value is -3.71. The molecule has 0 radical (unpaired) electrons. The molecule has 3 N–H and O–H groups in total. The number of carbonyl (C=O) groups is 1. The van der Waals surface area contributed by atoms with Gasteiger partial charge in [0.1, 0.15) is 12.4 Å². The van der Waals surface area contributed by atoms with Gasteiger partial charge < -0.3 is 14.7 Å². The lowest BCUT2D eigenvalue weighted by Crippen LogP contribution is -2.17. The number of rotatable bonds is 6. The minimum Gasteiger partial charge on any atom is -0.489 e. The molecule has 0 unspecified atom stereocenters. The van der Waals surface area contributed by atoms with Crippen LogP contribution in [-0.4, -0.2) is 22.1 Å². The van der Waals surface area contributed by atoms with Gasteiger partial charge in [0.2, 0.25) is 0 Å². The number of hydrazone groups is 1. The smallest absolute Gasteiger partial charge is 0.271 e. The molecular formula is C22H18N4O2S. The molecule has 1 aromatic heterocycles. The van der Waals surface area contributed by atoms with Crippen molar-refractivity contribution in [1.82, 2.24) is 15.4 Å². The van der Waals surface area contributed by atoms with Crippen LogP contribution in [0.1, 0.15) is 21.5 Å². The molecule has 144 valence electrons. The normalized spacial score (nSPS) is 11.0. The molecule has 29 heavy (non-hydrogen) atoms. The molecule has 4 aromatic rings. The van der Waals surface area contributed by atoms with E-state index in [0.29, 0.717) is 16.9 Å². The van der Waals surface area contributed by atoms with Crippen molar-refractivity contribution in [3.8, 4) is 5.75 Å². The second-order valence-corrected chi connectivity index (χ2v) is 6.79. The Morgan fingerprint density at radius 3 is 2.55 bits per heavy atom. The zero-order valence-corrected chi connectivity index (χ0v) is 16.2. The van der Waals surface area contributed by atoms with Gasteiger partial charge >= 0.3 is 0 Å². The van der Waals surface area contributed by atoms with Crippen LogP contribution in [0.25, 0.3) is 11.0 Å². The predicted molar refractivity (Wildman–Crippen MR) is 116 cm³/mol. The molecule has 4 rings (SSSR count). The van der Waals surface area contributed by atoms with Gasteiger partial charge in [0.15, 0.2) is 4.77 Å². The number of imidazole rings is 1. The van der Waals surface area contributed by atoms with Crippen LogP contribution in [0.3, 0.4) is 0 Å². The Balaban J connectivity index is 1.33. The first-order valence-corrected chi connectivity index (χ1v) is 9.40. The maximum atomic E-state index is 12.3. The number of nitrogens with zero attached hydrogens (tertiary/aromatic N) is 1. The van der Waals surface area contributed by atoms with Gasteiger partial charge in [-0.3, -0.25) is 4.79 Å². The highest BCUT2D eigenvalue weighted by Gasteiger charge is 2.06. The molecule has 0 bridgehead atoms. The zero-order valence-electron chi connectivity index (χ0n) is 15.4. The number of aromatic amines is 2. The van der Waals surface area contributed by atoms with Crippen LogP contribution in [0.2, 0.25) is 0 Å². The van der Waals surface area contributed by atoms with E-state index in [0.717, 1.165) is 27.9 Å². The summed E-state index contributed by atoms with van der Waals surface area (Å²) in [6.45, 7) is 0.514. The van der Waals surface area contributed by atoms with E-state index in [1.807, 2.05) is 54.6 Å². The highest BCUT2D eigenvalue weighted by atomic mass is 32.1. The van der Waals surface area contributed by atoms with Crippen molar-refractivity contribution in [2.45, 2.75) is 6.61 Å². The molecule has 0 saturated heterocycles. The second kappa shape index (κ2) is 8.53. The van der Waals surface area contributed by atoms with E-state index in [4.69, 9.17) is 17.0 Å². The molecular weight excluding hydrogens is 384 g/mol. The maximum Gasteiger partial charge on any atom is 0.271 e. The average molecular weight is 402 g/mol. The lowest BCUT2D eigenvalue weighted by atomic mass is 10.2. The van der Waals surface area contributed by atoms with E-state index in [-0.39, 0.29) is 5.91 Å². The third kappa shape index (κ3) is 4.77. The number of ether oxygens (including phenoxy) is 1. The minimum atomic E-state index is -0.300.